The highest BCUT2D eigenvalue weighted by Crippen LogP contribution is 2.20. The Bertz CT molecular complexity index is 219. The van der Waals surface area contributed by atoms with E-state index >= 15 is 0 Å². The molecule has 1 heterocycles. The Morgan fingerprint density at radius 3 is 2.78 bits per heavy atom. The second-order valence-corrected chi connectivity index (χ2v) is 6.10. The van der Waals surface area contributed by atoms with Crippen molar-refractivity contribution < 1.29 is 4.74 Å². The van der Waals surface area contributed by atoms with Crippen LogP contribution >= 0.6 is 0 Å². The number of hydrogen-bond donors (Lipinski definition) is 1. The van der Waals surface area contributed by atoms with Gasteiger partial charge in [-0.15, -0.1) is 0 Å². The molecule has 1 aliphatic rings. The quantitative estimate of drug-likeness (QED) is 0.676. The zero-order valence-corrected chi connectivity index (χ0v) is 12.8. The zero-order valence-electron chi connectivity index (χ0n) is 12.8. The van der Waals surface area contributed by atoms with Crippen LogP contribution in [0.1, 0.15) is 52.9 Å². The Labute approximate surface area is 113 Å². The Balaban J connectivity index is 2.34. The minimum absolute atomic E-state index is 0.0127. The highest BCUT2D eigenvalue weighted by molar-refractivity contribution is 4.81. The summed E-state index contributed by atoms with van der Waals surface area (Å²) >= 11 is 0. The lowest BCUT2D eigenvalue weighted by molar-refractivity contribution is 0.000997. The zero-order chi connectivity index (χ0) is 13.4. The molecule has 3 heteroatoms. The van der Waals surface area contributed by atoms with E-state index in [0.29, 0.717) is 0 Å². The van der Waals surface area contributed by atoms with E-state index in [-0.39, 0.29) is 5.60 Å². The molecule has 0 saturated carbocycles. The van der Waals surface area contributed by atoms with E-state index in [9.17, 15) is 0 Å². The molecule has 0 aromatic rings. The van der Waals surface area contributed by atoms with Crippen LogP contribution in [0.4, 0.5) is 0 Å². The van der Waals surface area contributed by atoms with Crippen molar-refractivity contribution >= 4 is 0 Å². The molecule has 0 amide bonds. The van der Waals surface area contributed by atoms with Crippen molar-refractivity contribution in [1.82, 2.24) is 10.2 Å². The molecule has 0 bridgehead atoms. The highest BCUT2D eigenvalue weighted by atomic mass is 16.5. The summed E-state index contributed by atoms with van der Waals surface area (Å²) in [6.45, 7) is 11.3. The van der Waals surface area contributed by atoms with E-state index in [2.05, 4.69) is 31.0 Å². The monoisotopic (exact) mass is 256 g/mol. The Morgan fingerprint density at radius 1 is 1.33 bits per heavy atom. The fourth-order valence-electron chi connectivity index (χ4n) is 2.55. The minimum Gasteiger partial charge on any atom is -0.379 e. The van der Waals surface area contributed by atoms with Gasteiger partial charge in [-0.2, -0.15) is 0 Å². The molecule has 0 aromatic carbocycles. The van der Waals surface area contributed by atoms with Crippen molar-refractivity contribution in [1.29, 1.82) is 0 Å². The molecule has 1 saturated heterocycles. The average Bonchev–Trinajstić information content (AvgIpc) is 2.38. The van der Waals surface area contributed by atoms with Crippen LogP contribution in [0.3, 0.4) is 0 Å². The van der Waals surface area contributed by atoms with Crippen LogP contribution in [0.15, 0.2) is 0 Å². The predicted octanol–water partition coefficient (Wildman–Crippen LogP) is 2.66. The molecule has 1 fully saturated rings. The van der Waals surface area contributed by atoms with Crippen molar-refractivity contribution in [2.75, 3.05) is 33.3 Å². The Hall–Kier alpha value is -0.120. The largest absolute Gasteiger partial charge is 0.379 e. The smallest absolute Gasteiger partial charge is 0.0634 e. The first-order valence-corrected chi connectivity index (χ1v) is 7.59. The third-order valence-corrected chi connectivity index (χ3v) is 4.11. The van der Waals surface area contributed by atoms with Crippen LogP contribution < -0.4 is 5.32 Å². The standard InChI is InChI=1S/C15H32N2O/c1-5-10-16-13-14-8-6-7-11-17(14)12-9-15(2,3)18-4/h14,16H,5-13H2,1-4H3. The van der Waals surface area contributed by atoms with Gasteiger partial charge in [0.05, 0.1) is 5.60 Å². The summed E-state index contributed by atoms with van der Waals surface area (Å²) in [6, 6.07) is 0.734. The molecule has 1 aliphatic heterocycles. The van der Waals surface area contributed by atoms with Gasteiger partial charge in [-0.05, 0) is 52.6 Å². The molecule has 108 valence electrons. The van der Waals surface area contributed by atoms with Crippen molar-refractivity contribution in [2.24, 2.45) is 0 Å². The van der Waals surface area contributed by atoms with Gasteiger partial charge in [-0.25, -0.2) is 0 Å². The molecule has 1 rings (SSSR count). The third kappa shape index (κ3) is 5.68. The molecule has 18 heavy (non-hydrogen) atoms. The molecule has 0 aliphatic carbocycles. The van der Waals surface area contributed by atoms with Crippen LogP contribution in [0.25, 0.3) is 0 Å². The van der Waals surface area contributed by atoms with Crippen molar-refractivity contribution in [3.8, 4) is 0 Å². The van der Waals surface area contributed by atoms with Gasteiger partial charge >= 0.3 is 0 Å². The number of piperidine rings is 1. The number of nitrogens with one attached hydrogen (secondary N) is 1. The fraction of sp³-hybridized carbons (Fsp3) is 1.00. The van der Waals surface area contributed by atoms with E-state index in [4.69, 9.17) is 4.74 Å². The molecule has 0 spiro atoms. The highest BCUT2D eigenvalue weighted by Gasteiger charge is 2.24. The lowest BCUT2D eigenvalue weighted by atomic mass is 9.99. The topological polar surface area (TPSA) is 24.5 Å². The first kappa shape index (κ1) is 15.9. The number of nitrogens with zero attached hydrogens (tertiary/aromatic N) is 1. The molecular formula is C15H32N2O. The maximum atomic E-state index is 5.52. The van der Waals surface area contributed by atoms with Gasteiger partial charge in [0.15, 0.2) is 0 Å². The summed E-state index contributed by atoms with van der Waals surface area (Å²) in [5.74, 6) is 0. The summed E-state index contributed by atoms with van der Waals surface area (Å²) in [4.78, 5) is 2.66. The third-order valence-electron chi connectivity index (χ3n) is 4.11. The van der Waals surface area contributed by atoms with Gasteiger partial charge in [0, 0.05) is 26.2 Å². The predicted molar refractivity (Wildman–Crippen MR) is 78.1 cm³/mol. The first-order valence-electron chi connectivity index (χ1n) is 7.59. The Kier molecular flexibility index (Phi) is 7.20. The molecule has 3 nitrogen and oxygen atoms in total. The van der Waals surface area contributed by atoms with Crippen molar-refractivity contribution in [2.45, 2.75) is 64.5 Å². The summed E-state index contributed by atoms with van der Waals surface area (Å²) < 4.78 is 5.52. The summed E-state index contributed by atoms with van der Waals surface area (Å²) in [7, 11) is 1.82. The van der Waals surface area contributed by atoms with Crippen LogP contribution in [0.2, 0.25) is 0 Å². The second-order valence-electron chi connectivity index (χ2n) is 6.10. The van der Waals surface area contributed by atoms with Gasteiger partial charge < -0.3 is 10.1 Å². The number of methoxy groups -OCH3 is 1. The molecule has 0 radical (unpaired) electrons. The second kappa shape index (κ2) is 8.13. The molecular weight excluding hydrogens is 224 g/mol. The first-order chi connectivity index (χ1) is 8.59. The average molecular weight is 256 g/mol. The molecule has 0 aromatic heterocycles. The Morgan fingerprint density at radius 2 is 2.11 bits per heavy atom. The van der Waals surface area contributed by atoms with E-state index in [1.54, 1.807) is 0 Å². The lowest BCUT2D eigenvalue weighted by Crippen LogP contribution is -2.47. The summed E-state index contributed by atoms with van der Waals surface area (Å²) in [5, 5.41) is 3.57. The molecule has 1 unspecified atom stereocenters. The number of hydrogen-bond acceptors (Lipinski definition) is 3. The van der Waals surface area contributed by atoms with Crippen molar-refractivity contribution in [3.05, 3.63) is 0 Å². The summed E-state index contributed by atoms with van der Waals surface area (Å²) in [6.07, 6.45) is 6.45. The van der Waals surface area contributed by atoms with Gasteiger partial charge in [-0.3, -0.25) is 4.90 Å². The van der Waals surface area contributed by atoms with Crippen LogP contribution in [-0.4, -0.2) is 49.8 Å². The fourth-order valence-corrected chi connectivity index (χ4v) is 2.55. The molecule has 1 atom stereocenters. The number of rotatable bonds is 8. The van der Waals surface area contributed by atoms with E-state index < -0.39 is 0 Å². The number of ether oxygens (including phenoxy) is 1. The SMILES string of the molecule is CCCNCC1CCCCN1CCC(C)(C)OC. The lowest BCUT2D eigenvalue weighted by Gasteiger charge is -2.37. The van der Waals surface area contributed by atoms with Crippen molar-refractivity contribution in [3.63, 3.8) is 0 Å². The van der Waals surface area contributed by atoms with Gasteiger partial charge in [0.2, 0.25) is 0 Å². The van der Waals surface area contributed by atoms with E-state index in [1.807, 2.05) is 7.11 Å². The molecule has 1 N–H and O–H groups in total. The number of likely N-dealkylation sites (tertiary alicyclic amines) is 1. The van der Waals surface area contributed by atoms with Crippen LogP contribution in [0, 0.1) is 0 Å². The van der Waals surface area contributed by atoms with Gasteiger partial charge in [0.1, 0.15) is 0 Å². The minimum atomic E-state index is 0.0127. The van der Waals surface area contributed by atoms with E-state index in [1.165, 1.54) is 38.8 Å². The normalized spacial score (nSPS) is 22.3. The van der Waals surface area contributed by atoms with Gasteiger partial charge in [0.25, 0.3) is 0 Å². The summed E-state index contributed by atoms with van der Waals surface area (Å²) in [5.41, 5.74) is 0.0127. The maximum Gasteiger partial charge on any atom is 0.0634 e. The van der Waals surface area contributed by atoms with Crippen LogP contribution in [-0.2, 0) is 4.74 Å². The van der Waals surface area contributed by atoms with Crippen LogP contribution in [0.5, 0.6) is 0 Å². The van der Waals surface area contributed by atoms with E-state index in [0.717, 1.165) is 25.6 Å². The van der Waals surface area contributed by atoms with Gasteiger partial charge in [-0.1, -0.05) is 13.3 Å². The maximum absolute atomic E-state index is 5.52.